The first kappa shape index (κ1) is 9.85. The van der Waals surface area contributed by atoms with Crippen LogP contribution in [0.15, 0.2) is 48.8 Å². The second-order valence-electron chi connectivity index (χ2n) is 4.20. The second-order valence-corrected chi connectivity index (χ2v) is 4.63. The number of benzene rings is 1. The van der Waals surface area contributed by atoms with Gasteiger partial charge in [0.25, 0.3) is 0 Å². The summed E-state index contributed by atoms with van der Waals surface area (Å²) in [4.78, 5) is 9.11. The van der Waals surface area contributed by atoms with Crippen molar-refractivity contribution in [1.29, 1.82) is 0 Å². The summed E-state index contributed by atoms with van der Waals surface area (Å²) in [5.41, 5.74) is 3.78. The van der Waals surface area contributed by atoms with Gasteiger partial charge >= 0.3 is 0 Å². The average molecular weight is 254 g/mol. The summed E-state index contributed by atoms with van der Waals surface area (Å²) in [7, 11) is 0. The second kappa shape index (κ2) is 3.43. The highest BCUT2D eigenvalue weighted by Crippen LogP contribution is 2.24. The van der Waals surface area contributed by atoms with Crippen LogP contribution in [0.5, 0.6) is 0 Å². The Morgan fingerprint density at radius 2 is 1.94 bits per heavy atom. The Balaban J connectivity index is 2.30. The van der Waals surface area contributed by atoms with E-state index in [0.29, 0.717) is 5.02 Å². The van der Waals surface area contributed by atoms with Crippen LogP contribution in [0.4, 0.5) is 0 Å². The van der Waals surface area contributed by atoms with Gasteiger partial charge in [0.15, 0.2) is 0 Å². The van der Waals surface area contributed by atoms with E-state index >= 15 is 0 Å². The van der Waals surface area contributed by atoms with Crippen molar-refractivity contribution in [3.05, 3.63) is 53.8 Å². The van der Waals surface area contributed by atoms with Crippen LogP contribution in [0.1, 0.15) is 0 Å². The van der Waals surface area contributed by atoms with Crippen LogP contribution in [-0.4, -0.2) is 14.4 Å². The molecular weight excluding hydrogens is 246 g/mol. The molecule has 0 radical (unpaired) electrons. The third-order valence-electron chi connectivity index (χ3n) is 3.10. The van der Waals surface area contributed by atoms with Crippen LogP contribution in [0.2, 0.25) is 5.02 Å². The first-order valence-corrected chi connectivity index (χ1v) is 6.02. The molecule has 3 aromatic heterocycles. The van der Waals surface area contributed by atoms with Crippen molar-refractivity contribution in [2.75, 3.05) is 0 Å². The van der Waals surface area contributed by atoms with Crippen LogP contribution in [0, 0.1) is 0 Å². The Hall–Kier alpha value is -2.13. The molecule has 0 spiro atoms. The molecule has 18 heavy (non-hydrogen) atoms. The van der Waals surface area contributed by atoms with Crippen molar-refractivity contribution in [1.82, 2.24) is 14.4 Å². The minimum Gasteiger partial charge on any atom is -0.297 e. The van der Waals surface area contributed by atoms with Crippen LogP contribution < -0.4 is 0 Å². The molecule has 4 aromatic rings. The van der Waals surface area contributed by atoms with E-state index in [-0.39, 0.29) is 0 Å². The molecule has 0 aliphatic rings. The van der Waals surface area contributed by atoms with Crippen LogP contribution >= 0.6 is 11.6 Å². The van der Waals surface area contributed by atoms with Crippen molar-refractivity contribution in [2.45, 2.75) is 0 Å². The SMILES string of the molecule is Clc1ccc2nc3c4ccccc4ncc3n2c1. The molecule has 3 nitrogen and oxygen atoms in total. The van der Waals surface area contributed by atoms with Crippen molar-refractivity contribution >= 4 is 39.2 Å². The molecule has 1 aromatic carbocycles. The fourth-order valence-corrected chi connectivity index (χ4v) is 2.44. The number of hydrogen-bond donors (Lipinski definition) is 0. The number of hydrogen-bond acceptors (Lipinski definition) is 2. The highest BCUT2D eigenvalue weighted by molar-refractivity contribution is 6.30. The van der Waals surface area contributed by atoms with Gasteiger partial charge in [-0.3, -0.25) is 9.38 Å². The van der Waals surface area contributed by atoms with E-state index in [1.54, 1.807) is 0 Å². The topological polar surface area (TPSA) is 30.2 Å². The van der Waals surface area contributed by atoms with E-state index in [9.17, 15) is 0 Å². The van der Waals surface area contributed by atoms with Gasteiger partial charge < -0.3 is 0 Å². The largest absolute Gasteiger partial charge is 0.297 e. The predicted molar refractivity (Wildman–Crippen MR) is 73.0 cm³/mol. The molecule has 0 saturated carbocycles. The number of pyridine rings is 2. The zero-order valence-electron chi connectivity index (χ0n) is 9.34. The van der Waals surface area contributed by atoms with Crippen molar-refractivity contribution in [3.8, 4) is 0 Å². The summed E-state index contributed by atoms with van der Waals surface area (Å²) < 4.78 is 1.97. The quantitative estimate of drug-likeness (QED) is 0.478. The Kier molecular flexibility index (Phi) is 1.88. The molecule has 0 aliphatic carbocycles. The minimum atomic E-state index is 0.690. The number of rotatable bonds is 0. The van der Waals surface area contributed by atoms with Gasteiger partial charge in [-0.2, -0.15) is 0 Å². The van der Waals surface area contributed by atoms with E-state index in [1.165, 1.54) is 0 Å². The molecular formula is C14H8ClN3. The molecule has 0 bridgehead atoms. The standard InChI is InChI=1S/C14H8ClN3/c15-9-5-6-13-17-14-10-3-1-2-4-11(10)16-7-12(14)18(13)8-9/h1-8H. The average Bonchev–Trinajstić information content (AvgIpc) is 2.77. The third kappa shape index (κ3) is 1.25. The minimum absolute atomic E-state index is 0.690. The summed E-state index contributed by atoms with van der Waals surface area (Å²) in [5.74, 6) is 0. The summed E-state index contributed by atoms with van der Waals surface area (Å²) in [6, 6.07) is 11.8. The number of imidazole rings is 1. The van der Waals surface area contributed by atoms with Gasteiger partial charge in [-0.15, -0.1) is 0 Å². The molecule has 0 amide bonds. The summed E-state index contributed by atoms with van der Waals surface area (Å²) >= 11 is 6.03. The smallest absolute Gasteiger partial charge is 0.138 e. The molecule has 0 N–H and O–H groups in total. The van der Waals surface area contributed by atoms with Gasteiger partial charge in [-0.05, 0) is 18.2 Å². The van der Waals surface area contributed by atoms with Crippen LogP contribution in [-0.2, 0) is 0 Å². The lowest BCUT2D eigenvalue weighted by molar-refractivity contribution is 1.22. The Labute approximate surface area is 108 Å². The highest BCUT2D eigenvalue weighted by Gasteiger charge is 2.08. The summed E-state index contributed by atoms with van der Waals surface area (Å²) in [5, 5.41) is 1.75. The lowest BCUT2D eigenvalue weighted by atomic mass is 10.2. The molecule has 0 aliphatic heterocycles. The fourth-order valence-electron chi connectivity index (χ4n) is 2.28. The number of para-hydroxylation sites is 1. The zero-order chi connectivity index (χ0) is 12.1. The highest BCUT2D eigenvalue weighted by atomic mass is 35.5. The van der Waals surface area contributed by atoms with Gasteiger partial charge in [-0.25, -0.2) is 4.98 Å². The molecule has 0 atom stereocenters. The van der Waals surface area contributed by atoms with Crippen molar-refractivity contribution < 1.29 is 0 Å². The van der Waals surface area contributed by atoms with Gasteiger partial charge in [0.05, 0.1) is 22.3 Å². The maximum absolute atomic E-state index is 6.03. The lowest BCUT2D eigenvalue weighted by Gasteiger charge is -1.98. The van der Waals surface area contributed by atoms with Gasteiger partial charge in [0.1, 0.15) is 11.2 Å². The first-order chi connectivity index (χ1) is 8.83. The third-order valence-corrected chi connectivity index (χ3v) is 3.33. The van der Waals surface area contributed by atoms with Gasteiger partial charge in [0, 0.05) is 11.6 Å². The maximum Gasteiger partial charge on any atom is 0.138 e. The monoisotopic (exact) mass is 253 g/mol. The molecule has 0 unspecified atom stereocenters. The fraction of sp³-hybridized carbons (Fsp3) is 0. The molecule has 4 heteroatoms. The maximum atomic E-state index is 6.03. The molecule has 0 saturated heterocycles. The predicted octanol–water partition coefficient (Wildman–Crippen LogP) is 3.69. The number of halogens is 1. The zero-order valence-corrected chi connectivity index (χ0v) is 10.1. The van der Waals surface area contributed by atoms with E-state index in [2.05, 4.69) is 9.97 Å². The van der Waals surface area contributed by atoms with E-state index in [1.807, 2.05) is 53.2 Å². The number of aromatic nitrogens is 3. The summed E-state index contributed by atoms with van der Waals surface area (Å²) in [6.45, 7) is 0. The summed E-state index contributed by atoms with van der Waals surface area (Å²) in [6.07, 6.45) is 3.71. The van der Waals surface area contributed by atoms with Crippen molar-refractivity contribution in [2.24, 2.45) is 0 Å². The number of nitrogens with zero attached hydrogens (tertiary/aromatic N) is 3. The van der Waals surface area contributed by atoms with Crippen LogP contribution in [0.25, 0.3) is 27.6 Å². The molecule has 4 rings (SSSR count). The van der Waals surface area contributed by atoms with Gasteiger partial charge in [-0.1, -0.05) is 29.8 Å². The lowest BCUT2D eigenvalue weighted by Crippen LogP contribution is -1.84. The number of fused-ring (bicyclic) bond motifs is 5. The first-order valence-electron chi connectivity index (χ1n) is 5.64. The Bertz CT molecular complexity index is 895. The van der Waals surface area contributed by atoms with Crippen LogP contribution in [0.3, 0.4) is 0 Å². The normalized spacial score (nSPS) is 11.6. The van der Waals surface area contributed by atoms with E-state index in [4.69, 9.17) is 11.6 Å². The van der Waals surface area contributed by atoms with E-state index in [0.717, 1.165) is 27.6 Å². The molecule has 86 valence electrons. The molecule has 3 heterocycles. The molecule has 0 fully saturated rings. The Morgan fingerprint density at radius 3 is 2.89 bits per heavy atom. The van der Waals surface area contributed by atoms with E-state index < -0.39 is 0 Å². The van der Waals surface area contributed by atoms with Crippen molar-refractivity contribution in [3.63, 3.8) is 0 Å². The Morgan fingerprint density at radius 1 is 1.06 bits per heavy atom. The van der Waals surface area contributed by atoms with Gasteiger partial charge in [0.2, 0.25) is 0 Å².